The lowest BCUT2D eigenvalue weighted by Crippen LogP contribution is -2.13. The van der Waals surface area contributed by atoms with Crippen LogP contribution in [0.4, 0.5) is 4.39 Å². The van der Waals surface area contributed by atoms with Gasteiger partial charge >= 0.3 is 0 Å². The normalized spacial score (nSPS) is 20.9. The van der Waals surface area contributed by atoms with Gasteiger partial charge in [-0.15, -0.1) is 0 Å². The highest BCUT2D eigenvalue weighted by atomic mass is 35.5. The summed E-state index contributed by atoms with van der Waals surface area (Å²) in [7, 11) is 0. The number of carbonyl (C=O) groups is 1. The van der Waals surface area contributed by atoms with E-state index >= 15 is 0 Å². The van der Waals surface area contributed by atoms with Crippen molar-refractivity contribution in [3.8, 4) is 0 Å². The van der Waals surface area contributed by atoms with Crippen LogP contribution in [0.5, 0.6) is 0 Å². The Morgan fingerprint density at radius 1 is 1.57 bits per heavy atom. The molecule has 0 aromatic heterocycles. The fraction of sp³-hybridized carbons (Fsp3) is 0.545. The van der Waals surface area contributed by atoms with E-state index in [1.807, 2.05) is 0 Å². The summed E-state index contributed by atoms with van der Waals surface area (Å²) in [5.41, 5.74) is -0.240. The summed E-state index contributed by atoms with van der Waals surface area (Å²) in [5, 5.41) is -0.436. The number of allylic oxidation sites excluding steroid dienone is 4. The molecule has 1 nitrogen and oxygen atoms in total. The lowest BCUT2D eigenvalue weighted by atomic mass is 9.95. The van der Waals surface area contributed by atoms with Crippen molar-refractivity contribution in [3.63, 3.8) is 0 Å². The summed E-state index contributed by atoms with van der Waals surface area (Å²) in [6, 6.07) is 0. The van der Waals surface area contributed by atoms with E-state index in [4.69, 9.17) is 11.6 Å². The van der Waals surface area contributed by atoms with Gasteiger partial charge < -0.3 is 0 Å². The lowest BCUT2D eigenvalue weighted by Gasteiger charge is -2.12. The highest BCUT2D eigenvalue weighted by molar-refractivity contribution is 6.65. The molecule has 0 aromatic rings. The van der Waals surface area contributed by atoms with Crippen molar-refractivity contribution in [1.82, 2.24) is 0 Å². The molecule has 3 heteroatoms. The van der Waals surface area contributed by atoms with E-state index in [0.29, 0.717) is 24.8 Å². The number of hydrogen-bond acceptors (Lipinski definition) is 1. The molecule has 0 saturated heterocycles. The molecule has 0 bridgehead atoms. The molecule has 1 rings (SSSR count). The van der Waals surface area contributed by atoms with Crippen molar-refractivity contribution in [2.75, 3.05) is 0 Å². The Kier molecular flexibility index (Phi) is 3.48. The van der Waals surface area contributed by atoms with Gasteiger partial charge in [-0.1, -0.05) is 19.1 Å². The van der Waals surface area contributed by atoms with E-state index in [-0.39, 0.29) is 5.83 Å². The van der Waals surface area contributed by atoms with Crippen LogP contribution in [0.25, 0.3) is 0 Å². The maximum Gasteiger partial charge on any atom is 0.232 e. The molecule has 0 N–H and O–H groups in total. The molecule has 1 saturated carbocycles. The number of carbonyl (C=O) groups excluding carboxylic acids is 1. The molecule has 0 unspecified atom stereocenters. The maximum atomic E-state index is 13.5. The van der Waals surface area contributed by atoms with E-state index in [9.17, 15) is 9.18 Å². The van der Waals surface area contributed by atoms with Crippen LogP contribution in [0.1, 0.15) is 33.1 Å². The molecule has 0 spiro atoms. The van der Waals surface area contributed by atoms with Gasteiger partial charge in [0.25, 0.3) is 0 Å². The first-order valence-electron chi connectivity index (χ1n) is 4.80. The summed E-state index contributed by atoms with van der Waals surface area (Å²) >= 11 is 5.49. The zero-order valence-corrected chi connectivity index (χ0v) is 9.20. The minimum Gasteiger partial charge on any atom is -0.280 e. The fourth-order valence-corrected chi connectivity index (χ4v) is 1.85. The number of hydrogen-bond donors (Lipinski definition) is 0. The summed E-state index contributed by atoms with van der Waals surface area (Å²) in [6.07, 6.45) is 5.05. The Balaban J connectivity index is 3.07. The van der Waals surface area contributed by atoms with E-state index in [0.717, 1.165) is 0 Å². The molecule has 0 aliphatic heterocycles. The van der Waals surface area contributed by atoms with Gasteiger partial charge in [-0.25, -0.2) is 4.39 Å². The summed E-state index contributed by atoms with van der Waals surface area (Å²) in [6.45, 7) is 3.53. The van der Waals surface area contributed by atoms with Crippen molar-refractivity contribution in [2.24, 2.45) is 5.41 Å². The zero-order valence-electron chi connectivity index (χ0n) is 8.44. The van der Waals surface area contributed by atoms with E-state index in [1.165, 1.54) is 0 Å². The second kappa shape index (κ2) is 4.26. The molecule has 1 fully saturated rings. The maximum absolute atomic E-state index is 13.5. The molecule has 0 radical (unpaired) electrons. The van der Waals surface area contributed by atoms with Gasteiger partial charge in [0.05, 0.1) is 5.41 Å². The van der Waals surface area contributed by atoms with E-state index in [1.54, 1.807) is 26.0 Å². The van der Waals surface area contributed by atoms with Crippen LogP contribution in [0, 0.1) is 5.41 Å². The van der Waals surface area contributed by atoms with Crippen LogP contribution in [0.15, 0.2) is 23.6 Å². The molecule has 1 aliphatic rings. The second-order valence-corrected chi connectivity index (χ2v) is 3.87. The Morgan fingerprint density at radius 2 is 2.14 bits per heavy atom. The number of rotatable bonds is 4. The first kappa shape index (κ1) is 11.4. The Labute approximate surface area is 88.6 Å². The van der Waals surface area contributed by atoms with Gasteiger partial charge in [0.2, 0.25) is 5.24 Å². The van der Waals surface area contributed by atoms with Crippen LogP contribution < -0.4 is 0 Å². The monoisotopic (exact) mass is 216 g/mol. The Hall–Kier alpha value is -0.630. The van der Waals surface area contributed by atoms with Crippen molar-refractivity contribution >= 4 is 16.8 Å². The van der Waals surface area contributed by atoms with Crippen molar-refractivity contribution < 1.29 is 9.18 Å². The molecule has 78 valence electrons. The third-order valence-electron chi connectivity index (χ3n) is 2.58. The molecule has 0 atom stereocenters. The van der Waals surface area contributed by atoms with Crippen molar-refractivity contribution in [1.29, 1.82) is 0 Å². The highest BCUT2D eigenvalue weighted by Gasteiger charge is 2.52. The fourth-order valence-electron chi connectivity index (χ4n) is 1.56. The predicted octanol–water partition coefficient (Wildman–Crippen LogP) is 3.74. The topological polar surface area (TPSA) is 17.1 Å². The molecule has 0 heterocycles. The molecular formula is C11H14ClFO. The SMILES string of the molecule is C/C=C\C(=C(\F)CC)C1(C(=O)Cl)CC1. The summed E-state index contributed by atoms with van der Waals surface area (Å²) in [5.74, 6) is -0.227. The van der Waals surface area contributed by atoms with Crippen LogP contribution >= 0.6 is 11.6 Å². The Bertz CT molecular complexity index is 300. The largest absolute Gasteiger partial charge is 0.280 e. The number of halogens is 2. The van der Waals surface area contributed by atoms with Crippen LogP contribution in [0.3, 0.4) is 0 Å². The molecule has 0 aromatic carbocycles. The quantitative estimate of drug-likeness (QED) is 0.517. The predicted molar refractivity (Wildman–Crippen MR) is 55.8 cm³/mol. The summed E-state index contributed by atoms with van der Waals surface area (Å²) < 4.78 is 13.5. The van der Waals surface area contributed by atoms with E-state index < -0.39 is 10.7 Å². The minimum atomic E-state index is -0.714. The average Bonchev–Trinajstić information content (AvgIpc) is 2.94. The second-order valence-electron chi connectivity index (χ2n) is 3.53. The Morgan fingerprint density at radius 3 is 2.43 bits per heavy atom. The molecular weight excluding hydrogens is 203 g/mol. The van der Waals surface area contributed by atoms with Crippen molar-refractivity contribution in [2.45, 2.75) is 33.1 Å². The lowest BCUT2D eigenvalue weighted by molar-refractivity contribution is -0.115. The zero-order chi connectivity index (χ0) is 10.8. The smallest absolute Gasteiger partial charge is 0.232 e. The van der Waals surface area contributed by atoms with Crippen LogP contribution in [0.2, 0.25) is 0 Å². The molecule has 0 amide bonds. The average molecular weight is 217 g/mol. The molecule has 1 aliphatic carbocycles. The van der Waals surface area contributed by atoms with Gasteiger partial charge in [0.1, 0.15) is 5.83 Å². The highest BCUT2D eigenvalue weighted by Crippen LogP contribution is 2.55. The van der Waals surface area contributed by atoms with Crippen molar-refractivity contribution in [3.05, 3.63) is 23.6 Å². The summed E-state index contributed by atoms with van der Waals surface area (Å²) in [4.78, 5) is 11.2. The van der Waals surface area contributed by atoms with Gasteiger partial charge in [0.15, 0.2) is 0 Å². The van der Waals surface area contributed by atoms with Crippen LogP contribution in [-0.2, 0) is 4.79 Å². The van der Waals surface area contributed by atoms with Gasteiger partial charge in [0, 0.05) is 0 Å². The van der Waals surface area contributed by atoms with E-state index in [2.05, 4.69) is 0 Å². The first-order valence-corrected chi connectivity index (χ1v) is 5.18. The third-order valence-corrected chi connectivity index (χ3v) is 2.94. The van der Waals surface area contributed by atoms with Gasteiger partial charge in [-0.05, 0) is 43.4 Å². The minimum absolute atomic E-state index is 0.227. The van der Waals surface area contributed by atoms with Gasteiger partial charge in [-0.2, -0.15) is 0 Å². The first-order chi connectivity index (χ1) is 6.58. The standard InChI is InChI=1S/C11H14ClFO/c1-3-5-8(9(13)4-2)11(6-7-11)10(12)14/h3,5H,4,6-7H2,1-2H3/b5-3-,9-8-. The third kappa shape index (κ3) is 1.90. The molecule has 14 heavy (non-hydrogen) atoms. The van der Waals surface area contributed by atoms with Crippen LogP contribution in [-0.4, -0.2) is 5.24 Å². The van der Waals surface area contributed by atoms with Gasteiger partial charge in [-0.3, -0.25) is 4.79 Å².